The van der Waals surface area contributed by atoms with Crippen molar-refractivity contribution in [2.24, 2.45) is 7.05 Å². The molecule has 0 saturated heterocycles. The van der Waals surface area contributed by atoms with Crippen molar-refractivity contribution < 1.29 is 9.53 Å². The molecule has 0 fully saturated rings. The number of nitrogens with zero attached hydrogens (tertiary/aromatic N) is 3. The first-order chi connectivity index (χ1) is 13.0. The van der Waals surface area contributed by atoms with Crippen LogP contribution < -0.4 is 10.1 Å². The average Bonchev–Trinajstić information content (AvgIpc) is 3.07. The van der Waals surface area contributed by atoms with Crippen LogP contribution in [0.1, 0.15) is 12.0 Å². The topological polar surface area (TPSA) is 69.0 Å². The van der Waals surface area contributed by atoms with E-state index in [0.717, 1.165) is 21.4 Å². The fourth-order valence-electron chi connectivity index (χ4n) is 2.42. The third kappa shape index (κ3) is 5.24. The molecular weight excluding hydrogens is 384 g/mol. The van der Waals surface area contributed by atoms with E-state index in [1.807, 2.05) is 41.9 Å². The Balaban J connectivity index is 1.65. The minimum Gasteiger partial charge on any atom is -0.497 e. The minimum absolute atomic E-state index is 0.0760. The number of hydrogen-bond acceptors (Lipinski definition) is 5. The van der Waals surface area contributed by atoms with Gasteiger partial charge in [0.25, 0.3) is 0 Å². The number of rotatable bonds is 7. The highest BCUT2D eigenvalue weighted by Gasteiger charge is 2.12. The zero-order valence-electron chi connectivity index (χ0n) is 15.0. The van der Waals surface area contributed by atoms with Gasteiger partial charge in [-0.3, -0.25) is 4.79 Å². The normalized spacial score (nSPS) is 10.6. The maximum atomic E-state index is 12.4. The SMILES string of the molecule is COc1ccc(CCC(=O)Nc2cc(Cl)ccc2Sc2nncn2C)cc1. The highest BCUT2D eigenvalue weighted by atomic mass is 35.5. The molecule has 2 aromatic carbocycles. The van der Waals surface area contributed by atoms with Gasteiger partial charge in [0.2, 0.25) is 5.91 Å². The van der Waals surface area contributed by atoms with Gasteiger partial charge in [0.1, 0.15) is 12.1 Å². The molecule has 140 valence electrons. The monoisotopic (exact) mass is 402 g/mol. The summed E-state index contributed by atoms with van der Waals surface area (Å²) in [4.78, 5) is 13.3. The van der Waals surface area contributed by atoms with Gasteiger partial charge in [-0.1, -0.05) is 23.7 Å². The summed E-state index contributed by atoms with van der Waals surface area (Å²) in [6, 6.07) is 13.1. The van der Waals surface area contributed by atoms with Crippen LogP contribution in [0.2, 0.25) is 5.02 Å². The number of benzene rings is 2. The summed E-state index contributed by atoms with van der Waals surface area (Å²) in [5, 5.41) is 12.2. The van der Waals surface area contributed by atoms with Gasteiger partial charge >= 0.3 is 0 Å². The first-order valence-electron chi connectivity index (χ1n) is 8.29. The fourth-order valence-corrected chi connectivity index (χ4v) is 3.42. The molecule has 1 amide bonds. The van der Waals surface area contributed by atoms with E-state index in [2.05, 4.69) is 15.5 Å². The van der Waals surface area contributed by atoms with E-state index in [1.54, 1.807) is 25.6 Å². The van der Waals surface area contributed by atoms with Crippen LogP contribution in [-0.4, -0.2) is 27.8 Å². The third-order valence-corrected chi connectivity index (χ3v) is 5.25. The molecule has 1 heterocycles. The molecule has 3 rings (SSSR count). The lowest BCUT2D eigenvalue weighted by Gasteiger charge is -2.11. The zero-order chi connectivity index (χ0) is 19.2. The van der Waals surface area contributed by atoms with E-state index in [4.69, 9.17) is 16.3 Å². The molecule has 0 spiro atoms. The predicted octanol–water partition coefficient (Wildman–Crippen LogP) is 4.20. The number of amides is 1. The summed E-state index contributed by atoms with van der Waals surface area (Å²) in [6.07, 6.45) is 2.64. The minimum atomic E-state index is -0.0760. The molecule has 8 heteroatoms. The zero-order valence-corrected chi connectivity index (χ0v) is 16.5. The van der Waals surface area contributed by atoms with E-state index >= 15 is 0 Å². The average molecular weight is 403 g/mol. The number of carbonyl (C=O) groups excluding carboxylic acids is 1. The van der Waals surface area contributed by atoms with E-state index in [1.165, 1.54) is 11.8 Å². The molecule has 0 aliphatic rings. The van der Waals surface area contributed by atoms with Gasteiger partial charge in [0.05, 0.1) is 12.8 Å². The van der Waals surface area contributed by atoms with Crippen LogP contribution >= 0.6 is 23.4 Å². The Kier molecular flexibility index (Phi) is 6.36. The molecule has 0 atom stereocenters. The number of aryl methyl sites for hydroxylation is 2. The van der Waals surface area contributed by atoms with Crippen molar-refractivity contribution >= 4 is 35.0 Å². The Labute approximate surface area is 166 Å². The number of halogens is 1. The second kappa shape index (κ2) is 8.92. The Morgan fingerprint density at radius 2 is 2.04 bits per heavy atom. The van der Waals surface area contributed by atoms with Gasteiger partial charge in [0.15, 0.2) is 5.16 Å². The molecular formula is C19H19ClN4O2S. The first kappa shape index (κ1) is 19.3. The van der Waals surface area contributed by atoms with Crippen LogP contribution in [-0.2, 0) is 18.3 Å². The smallest absolute Gasteiger partial charge is 0.224 e. The molecule has 0 saturated carbocycles. The van der Waals surface area contributed by atoms with E-state index in [0.29, 0.717) is 23.6 Å². The van der Waals surface area contributed by atoms with Crippen molar-refractivity contribution in [2.45, 2.75) is 22.9 Å². The quantitative estimate of drug-likeness (QED) is 0.641. The molecule has 0 aliphatic heterocycles. The van der Waals surface area contributed by atoms with Crippen molar-refractivity contribution in [1.82, 2.24) is 14.8 Å². The van der Waals surface area contributed by atoms with Gasteiger partial charge in [-0.25, -0.2) is 0 Å². The number of anilines is 1. The number of hydrogen-bond donors (Lipinski definition) is 1. The summed E-state index contributed by atoms with van der Waals surface area (Å²) in [7, 11) is 3.50. The van der Waals surface area contributed by atoms with Gasteiger partial charge in [-0.05, 0) is 54.1 Å². The van der Waals surface area contributed by atoms with Gasteiger partial charge in [0, 0.05) is 23.4 Å². The maximum absolute atomic E-state index is 12.4. The van der Waals surface area contributed by atoms with E-state index in [9.17, 15) is 4.79 Å². The van der Waals surface area contributed by atoms with Crippen molar-refractivity contribution in [3.63, 3.8) is 0 Å². The Morgan fingerprint density at radius 3 is 2.70 bits per heavy atom. The standard InChI is InChI=1S/C19H19ClN4O2S/c1-24-12-21-23-19(24)27-17-9-6-14(20)11-16(17)22-18(25)10-5-13-3-7-15(26-2)8-4-13/h3-4,6-9,11-12H,5,10H2,1-2H3,(H,22,25). The molecule has 0 bridgehead atoms. The number of nitrogens with one attached hydrogen (secondary N) is 1. The van der Waals surface area contributed by atoms with Crippen molar-refractivity contribution in [3.8, 4) is 5.75 Å². The first-order valence-corrected chi connectivity index (χ1v) is 9.49. The summed E-state index contributed by atoms with van der Waals surface area (Å²) < 4.78 is 6.96. The van der Waals surface area contributed by atoms with Crippen LogP contribution in [0.4, 0.5) is 5.69 Å². The van der Waals surface area contributed by atoms with E-state index < -0.39 is 0 Å². The Bertz CT molecular complexity index is 928. The lowest BCUT2D eigenvalue weighted by molar-refractivity contribution is -0.116. The lowest BCUT2D eigenvalue weighted by atomic mass is 10.1. The van der Waals surface area contributed by atoms with Gasteiger partial charge in [-0.15, -0.1) is 10.2 Å². The third-order valence-electron chi connectivity index (χ3n) is 3.89. The summed E-state index contributed by atoms with van der Waals surface area (Å²) in [5.41, 5.74) is 1.74. The molecule has 0 unspecified atom stereocenters. The molecule has 6 nitrogen and oxygen atoms in total. The molecule has 1 aromatic heterocycles. The molecule has 0 radical (unpaired) electrons. The maximum Gasteiger partial charge on any atom is 0.224 e. The van der Waals surface area contributed by atoms with E-state index in [-0.39, 0.29) is 5.91 Å². The van der Waals surface area contributed by atoms with Gasteiger partial charge in [-0.2, -0.15) is 0 Å². The molecule has 0 aliphatic carbocycles. The van der Waals surface area contributed by atoms with Crippen LogP contribution in [0.25, 0.3) is 0 Å². The van der Waals surface area contributed by atoms with Crippen molar-refractivity contribution in [3.05, 3.63) is 59.4 Å². The lowest BCUT2D eigenvalue weighted by Crippen LogP contribution is -2.13. The summed E-state index contributed by atoms with van der Waals surface area (Å²) >= 11 is 7.53. The summed E-state index contributed by atoms with van der Waals surface area (Å²) in [5.74, 6) is 0.723. The second-order valence-corrected chi connectivity index (χ2v) is 7.31. The molecule has 27 heavy (non-hydrogen) atoms. The Morgan fingerprint density at radius 1 is 1.26 bits per heavy atom. The Hall–Kier alpha value is -2.51. The molecule has 1 N–H and O–H groups in total. The number of aromatic nitrogens is 3. The highest BCUT2D eigenvalue weighted by molar-refractivity contribution is 7.99. The number of methoxy groups -OCH3 is 1. The predicted molar refractivity (Wildman–Crippen MR) is 107 cm³/mol. The molecule has 3 aromatic rings. The number of ether oxygens (including phenoxy) is 1. The van der Waals surface area contributed by atoms with Gasteiger partial charge < -0.3 is 14.6 Å². The fraction of sp³-hybridized carbons (Fsp3) is 0.211. The number of carbonyl (C=O) groups is 1. The van der Waals surface area contributed by atoms with Crippen LogP contribution in [0.5, 0.6) is 5.75 Å². The van der Waals surface area contributed by atoms with Crippen molar-refractivity contribution in [2.75, 3.05) is 12.4 Å². The largest absolute Gasteiger partial charge is 0.497 e. The second-order valence-electron chi connectivity index (χ2n) is 5.86. The van der Waals surface area contributed by atoms with Crippen molar-refractivity contribution in [1.29, 1.82) is 0 Å². The highest BCUT2D eigenvalue weighted by Crippen LogP contribution is 2.34. The van der Waals surface area contributed by atoms with Crippen LogP contribution in [0, 0.1) is 0 Å². The van der Waals surface area contributed by atoms with Crippen LogP contribution in [0.3, 0.4) is 0 Å². The summed E-state index contributed by atoms with van der Waals surface area (Å²) in [6.45, 7) is 0. The van der Waals surface area contributed by atoms with Crippen LogP contribution in [0.15, 0.2) is 58.8 Å².